The van der Waals surface area contributed by atoms with Crippen molar-refractivity contribution in [3.8, 4) is 0 Å². The first-order valence-electron chi connectivity index (χ1n) is 18.5. The Bertz CT molecular complexity index is 639. The van der Waals surface area contributed by atoms with E-state index in [2.05, 4.69) is 69.2 Å². The number of hydrogen-bond acceptors (Lipinski definition) is 4. The molecule has 0 aromatic rings. The molecule has 0 aliphatic carbocycles. The molecule has 0 aromatic carbocycles. The van der Waals surface area contributed by atoms with Crippen molar-refractivity contribution < 1.29 is 43.3 Å². The minimum absolute atomic E-state index is 0.0264. The van der Waals surface area contributed by atoms with E-state index >= 15 is 0 Å². The average Bonchev–Trinajstić information content (AvgIpc) is 2.93. The van der Waals surface area contributed by atoms with E-state index < -0.39 is 32.8 Å². The molecule has 0 aliphatic heterocycles. The van der Waals surface area contributed by atoms with E-state index in [-0.39, 0.29) is 17.3 Å². The minimum atomic E-state index is -3.58. The second-order valence-corrected chi connectivity index (χ2v) is 16.1. The summed E-state index contributed by atoms with van der Waals surface area (Å²) >= 11 is -3.58. The van der Waals surface area contributed by atoms with Crippen molar-refractivity contribution in [3.63, 3.8) is 0 Å². The molecule has 1 atom stereocenters. The summed E-state index contributed by atoms with van der Waals surface area (Å²) in [4.78, 5) is 11.2. The second-order valence-electron chi connectivity index (χ2n) is 14.3. The monoisotopic (exact) mass is 684 g/mol. The van der Waals surface area contributed by atoms with Gasteiger partial charge in [-0.05, 0) is 36.5 Å². The first-order chi connectivity index (χ1) is 20.8. The predicted molar refractivity (Wildman–Crippen MR) is 185 cm³/mol. The molecule has 6 nitrogen and oxygen atoms in total. The van der Waals surface area contributed by atoms with Crippen molar-refractivity contribution in [2.45, 2.75) is 197 Å². The summed E-state index contributed by atoms with van der Waals surface area (Å²) in [6.07, 6.45) is 24.8. The van der Waals surface area contributed by atoms with Gasteiger partial charge in [0.2, 0.25) is 0 Å². The van der Waals surface area contributed by atoms with Crippen LogP contribution in [0.4, 0.5) is 0 Å². The molecule has 1 unspecified atom stereocenters. The van der Waals surface area contributed by atoms with Crippen LogP contribution in [-0.4, -0.2) is 24.5 Å². The standard InChI is InChI=1S/C36H75O3P.2H2O.O.Ti/c1-11-13-15-17-19-21-22-24-26-28-30-38-40(37)39-36(33(7)8,34(9)10)35(31(3)4,32(5)6)29-27-25-23-20-18-16-14-12-2;;;;/h31-34,37H,11-30H2,1-10H3;2*1H2;;/q;;;;+2/p-2. The quantitative estimate of drug-likeness (QED) is 0.0431. The third kappa shape index (κ3) is 18.9. The van der Waals surface area contributed by atoms with Crippen molar-refractivity contribution in [2.24, 2.45) is 29.1 Å². The van der Waals surface area contributed by atoms with Crippen LogP contribution < -0.4 is 0 Å². The normalized spacial score (nSPS) is 13.2. The Kier molecular flexibility index (Phi) is 30.6. The Balaban J connectivity index is 0. The van der Waals surface area contributed by atoms with Crippen molar-refractivity contribution >= 4 is 8.60 Å². The molecular weight excluding hydrogens is 607 g/mol. The molecule has 0 bridgehead atoms. The van der Waals surface area contributed by atoms with Gasteiger partial charge in [0.1, 0.15) is 0 Å². The van der Waals surface area contributed by atoms with Crippen LogP contribution in [0.25, 0.3) is 0 Å². The van der Waals surface area contributed by atoms with E-state index in [1.54, 1.807) is 0 Å². The molecule has 0 spiro atoms. The molecule has 0 amide bonds. The summed E-state index contributed by atoms with van der Waals surface area (Å²) < 4.78 is 36.1. The second kappa shape index (κ2) is 28.7. The van der Waals surface area contributed by atoms with Crippen LogP contribution in [0.2, 0.25) is 0 Å². The maximum absolute atomic E-state index is 11.2. The molecule has 0 fully saturated rings. The molecule has 0 rings (SSSR count). The van der Waals surface area contributed by atoms with E-state index in [9.17, 15) is 4.89 Å². The Labute approximate surface area is 283 Å². The fraction of sp³-hybridized carbons (Fsp3) is 1.00. The van der Waals surface area contributed by atoms with Gasteiger partial charge in [-0.3, -0.25) is 0 Å². The van der Waals surface area contributed by atoms with E-state index in [1.165, 1.54) is 109 Å². The zero-order valence-corrected chi connectivity index (χ0v) is 33.4. The van der Waals surface area contributed by atoms with Gasteiger partial charge >= 0.3 is 37.9 Å². The van der Waals surface area contributed by atoms with Crippen LogP contribution >= 0.6 is 8.60 Å². The summed E-state index contributed by atoms with van der Waals surface area (Å²) in [7, 11) is -1.91. The van der Waals surface area contributed by atoms with Gasteiger partial charge in [-0.2, -0.15) is 0 Å². The number of rotatable bonds is 28. The van der Waals surface area contributed by atoms with Gasteiger partial charge in [0.15, 0.2) is 0 Å². The Morgan fingerprint density at radius 3 is 1.20 bits per heavy atom. The Hall–Kier alpha value is 0.744. The molecule has 8 heteroatoms. The first kappa shape index (κ1) is 46.9. The van der Waals surface area contributed by atoms with E-state index in [0.29, 0.717) is 18.4 Å². The van der Waals surface area contributed by atoms with Gasteiger partial charge in [-0.25, -0.2) is 0 Å². The summed E-state index contributed by atoms with van der Waals surface area (Å²) in [6, 6.07) is 0. The summed E-state index contributed by atoms with van der Waals surface area (Å²) in [5, 5.41) is 0. The zero-order valence-electron chi connectivity index (χ0n) is 31.0. The van der Waals surface area contributed by atoms with Gasteiger partial charge in [0.05, 0.1) is 12.2 Å². The fourth-order valence-corrected chi connectivity index (χ4v) is 9.01. The average molecular weight is 685 g/mol. The van der Waals surface area contributed by atoms with Gasteiger partial charge in [-0.1, -0.05) is 178 Å². The fourth-order valence-electron chi connectivity index (χ4n) is 7.82. The van der Waals surface area contributed by atoms with Crippen LogP contribution in [0.1, 0.15) is 191 Å². The molecule has 44 heavy (non-hydrogen) atoms. The third-order valence-corrected chi connectivity index (χ3v) is 10.7. The predicted octanol–water partition coefficient (Wildman–Crippen LogP) is 11.8. The van der Waals surface area contributed by atoms with Crippen LogP contribution in [-0.2, 0) is 31.0 Å². The van der Waals surface area contributed by atoms with Gasteiger partial charge in [0, 0.05) is 5.41 Å². The SMILES string of the molecule is CCCCCCCCCCCCOP(O)OC(C(C)C)(C(C)C)C(CCCCCCCCCC)(C(C)C)C(C)C.[O]=[Ti]([OH])[OH]. The van der Waals surface area contributed by atoms with Crippen LogP contribution in [0.15, 0.2) is 0 Å². The van der Waals surface area contributed by atoms with Crippen molar-refractivity contribution in [1.82, 2.24) is 0 Å². The van der Waals surface area contributed by atoms with E-state index in [1.807, 2.05) is 0 Å². The van der Waals surface area contributed by atoms with E-state index in [4.69, 9.17) is 19.7 Å². The Morgan fingerprint density at radius 1 is 0.568 bits per heavy atom. The molecule has 0 aliphatic rings. The number of unbranched alkanes of at least 4 members (excludes halogenated alkanes) is 16. The molecule has 3 N–H and O–H groups in total. The molecule has 0 saturated heterocycles. The summed E-state index contributed by atoms with van der Waals surface area (Å²) in [5.41, 5.74) is -0.462. The Morgan fingerprint density at radius 2 is 0.886 bits per heavy atom. The van der Waals surface area contributed by atoms with Crippen LogP contribution in [0, 0.1) is 29.1 Å². The third-order valence-electron chi connectivity index (χ3n) is 9.88. The molecule has 0 radical (unpaired) electrons. The maximum atomic E-state index is 11.2. The molecular formula is C36H77O6PTi. The molecule has 0 heterocycles. The zero-order chi connectivity index (χ0) is 34.0. The molecule has 0 saturated carbocycles. The van der Waals surface area contributed by atoms with Crippen molar-refractivity contribution in [2.75, 3.05) is 6.61 Å². The van der Waals surface area contributed by atoms with Gasteiger partial charge in [0.25, 0.3) is 0 Å². The van der Waals surface area contributed by atoms with E-state index in [0.717, 1.165) is 12.8 Å². The topological polar surface area (TPSA) is 96.2 Å². The summed E-state index contributed by atoms with van der Waals surface area (Å²) in [6.45, 7) is 23.9. The van der Waals surface area contributed by atoms with Crippen LogP contribution in [0.3, 0.4) is 0 Å². The van der Waals surface area contributed by atoms with Crippen molar-refractivity contribution in [3.05, 3.63) is 0 Å². The molecule has 266 valence electrons. The molecule has 0 aromatic heterocycles. The van der Waals surface area contributed by atoms with Crippen LogP contribution in [0.5, 0.6) is 0 Å². The van der Waals surface area contributed by atoms with Gasteiger partial charge < -0.3 is 13.9 Å². The first-order valence-corrected chi connectivity index (χ1v) is 21.7. The number of hydrogen-bond donors (Lipinski definition) is 3. The van der Waals surface area contributed by atoms with Gasteiger partial charge in [-0.15, -0.1) is 0 Å². The summed E-state index contributed by atoms with van der Waals surface area (Å²) in [5.74, 6) is 1.47. The van der Waals surface area contributed by atoms with Crippen molar-refractivity contribution in [1.29, 1.82) is 0 Å².